The molecular formula is C26H24ClN3O3. The second-order valence-electron chi connectivity index (χ2n) is 8.76. The van der Waals surface area contributed by atoms with Gasteiger partial charge in [0, 0.05) is 18.1 Å². The first-order chi connectivity index (χ1) is 15.9. The molecule has 1 amide bonds. The van der Waals surface area contributed by atoms with Gasteiger partial charge in [0.05, 0.1) is 35.8 Å². The summed E-state index contributed by atoms with van der Waals surface area (Å²) < 4.78 is 1.45. The Kier molecular flexibility index (Phi) is 5.64. The van der Waals surface area contributed by atoms with E-state index in [4.69, 9.17) is 11.6 Å². The molecule has 5 rings (SSSR count). The lowest BCUT2D eigenvalue weighted by molar-refractivity contribution is -0.135. The van der Waals surface area contributed by atoms with E-state index in [0.717, 1.165) is 16.3 Å². The van der Waals surface area contributed by atoms with Crippen LogP contribution in [0.2, 0.25) is 5.02 Å². The third-order valence-electron chi connectivity index (χ3n) is 6.52. The van der Waals surface area contributed by atoms with Crippen LogP contribution in [0.15, 0.2) is 71.8 Å². The molecule has 1 saturated heterocycles. The number of aliphatic hydroxyl groups is 1. The first-order valence-corrected chi connectivity index (χ1v) is 11.4. The van der Waals surface area contributed by atoms with E-state index < -0.39 is 5.60 Å². The zero-order valence-electron chi connectivity index (χ0n) is 18.1. The average molecular weight is 462 g/mol. The van der Waals surface area contributed by atoms with Crippen molar-refractivity contribution in [3.8, 4) is 0 Å². The van der Waals surface area contributed by atoms with E-state index in [0.29, 0.717) is 48.3 Å². The van der Waals surface area contributed by atoms with Crippen LogP contribution >= 0.6 is 11.6 Å². The highest BCUT2D eigenvalue weighted by molar-refractivity contribution is 6.31. The fourth-order valence-electron chi connectivity index (χ4n) is 4.61. The first kappa shape index (κ1) is 21.6. The van der Waals surface area contributed by atoms with Gasteiger partial charge in [-0.3, -0.25) is 14.2 Å². The number of piperidine rings is 1. The van der Waals surface area contributed by atoms with Crippen LogP contribution in [0, 0.1) is 0 Å². The molecule has 0 bridgehead atoms. The normalized spacial score (nSPS) is 15.8. The van der Waals surface area contributed by atoms with E-state index in [1.807, 2.05) is 42.5 Å². The van der Waals surface area contributed by atoms with Gasteiger partial charge in [-0.25, -0.2) is 4.98 Å². The molecule has 1 aliphatic heterocycles. The maximum atomic E-state index is 13.0. The fraction of sp³-hybridized carbons (Fsp3) is 0.269. The maximum absolute atomic E-state index is 13.0. The van der Waals surface area contributed by atoms with Crippen molar-refractivity contribution >= 4 is 39.2 Å². The monoisotopic (exact) mass is 461 g/mol. The number of likely N-dealkylation sites (tertiary alicyclic amines) is 1. The Hall–Kier alpha value is -3.22. The van der Waals surface area contributed by atoms with E-state index in [-0.39, 0.29) is 18.0 Å². The fourth-order valence-corrected chi connectivity index (χ4v) is 4.78. The molecule has 1 fully saturated rings. The van der Waals surface area contributed by atoms with Crippen LogP contribution in [0.5, 0.6) is 0 Å². The molecule has 0 aliphatic carbocycles. The molecule has 1 aromatic heterocycles. The van der Waals surface area contributed by atoms with Crippen molar-refractivity contribution in [1.29, 1.82) is 0 Å². The molecule has 2 heterocycles. The quantitative estimate of drug-likeness (QED) is 0.501. The standard InChI is InChI=1S/C26H24ClN3O3/c27-20-8-9-22-23(15-20)28-17-30(25(22)32)16-26(33)10-12-29(13-11-26)24(31)14-19-6-3-5-18-4-1-2-7-21(18)19/h1-9,15,17,33H,10-14,16H2. The lowest BCUT2D eigenvalue weighted by Crippen LogP contribution is -2.50. The van der Waals surface area contributed by atoms with E-state index >= 15 is 0 Å². The number of rotatable bonds is 4. The Morgan fingerprint density at radius 2 is 1.79 bits per heavy atom. The van der Waals surface area contributed by atoms with Crippen molar-refractivity contribution in [2.24, 2.45) is 0 Å². The Bertz CT molecular complexity index is 1400. The van der Waals surface area contributed by atoms with Gasteiger partial charge in [-0.2, -0.15) is 0 Å². The predicted octanol–water partition coefficient (Wildman–Crippen LogP) is 3.80. The SMILES string of the molecule is O=C(Cc1cccc2ccccc12)N1CCC(O)(Cn2cnc3cc(Cl)ccc3c2=O)CC1. The number of carbonyl (C=O) groups is 1. The molecule has 168 valence electrons. The molecule has 0 unspecified atom stereocenters. The Morgan fingerprint density at radius 1 is 1.03 bits per heavy atom. The summed E-state index contributed by atoms with van der Waals surface area (Å²) in [5.74, 6) is 0.0508. The van der Waals surface area contributed by atoms with Gasteiger partial charge in [0.25, 0.3) is 5.56 Å². The smallest absolute Gasteiger partial charge is 0.261 e. The van der Waals surface area contributed by atoms with E-state index in [9.17, 15) is 14.7 Å². The van der Waals surface area contributed by atoms with Crippen LogP contribution in [0.1, 0.15) is 18.4 Å². The Morgan fingerprint density at radius 3 is 2.61 bits per heavy atom. The third-order valence-corrected chi connectivity index (χ3v) is 6.76. The number of hydrogen-bond acceptors (Lipinski definition) is 4. The van der Waals surface area contributed by atoms with Crippen molar-refractivity contribution in [3.05, 3.63) is 87.9 Å². The molecule has 0 spiro atoms. The van der Waals surface area contributed by atoms with Crippen LogP contribution in [0.4, 0.5) is 0 Å². The van der Waals surface area contributed by atoms with Crippen molar-refractivity contribution in [1.82, 2.24) is 14.5 Å². The summed E-state index contributed by atoms with van der Waals surface area (Å²) in [5.41, 5.74) is 0.263. The molecule has 7 heteroatoms. The van der Waals surface area contributed by atoms with Crippen molar-refractivity contribution in [3.63, 3.8) is 0 Å². The lowest BCUT2D eigenvalue weighted by atomic mass is 9.90. The first-order valence-electron chi connectivity index (χ1n) is 11.0. The van der Waals surface area contributed by atoms with Crippen LogP contribution in [-0.4, -0.2) is 44.2 Å². The van der Waals surface area contributed by atoms with Crippen molar-refractivity contribution in [2.75, 3.05) is 13.1 Å². The number of aromatic nitrogens is 2. The number of hydrogen-bond donors (Lipinski definition) is 1. The highest BCUT2D eigenvalue weighted by atomic mass is 35.5. The highest BCUT2D eigenvalue weighted by Gasteiger charge is 2.34. The second-order valence-corrected chi connectivity index (χ2v) is 9.20. The summed E-state index contributed by atoms with van der Waals surface area (Å²) in [6.07, 6.45) is 2.59. The molecule has 1 aliphatic rings. The topological polar surface area (TPSA) is 75.4 Å². The Labute approximate surface area is 196 Å². The minimum Gasteiger partial charge on any atom is -0.388 e. The number of benzene rings is 3. The zero-order valence-corrected chi connectivity index (χ0v) is 18.8. The van der Waals surface area contributed by atoms with Gasteiger partial charge in [0.15, 0.2) is 0 Å². The largest absolute Gasteiger partial charge is 0.388 e. The van der Waals surface area contributed by atoms with Gasteiger partial charge in [-0.15, -0.1) is 0 Å². The van der Waals surface area contributed by atoms with Crippen LogP contribution < -0.4 is 5.56 Å². The predicted molar refractivity (Wildman–Crippen MR) is 129 cm³/mol. The van der Waals surface area contributed by atoms with Gasteiger partial charge in [0.1, 0.15) is 0 Å². The van der Waals surface area contributed by atoms with E-state index in [1.165, 1.54) is 10.9 Å². The molecule has 33 heavy (non-hydrogen) atoms. The number of fused-ring (bicyclic) bond motifs is 2. The number of amides is 1. The number of carbonyl (C=O) groups excluding carboxylic acids is 1. The summed E-state index contributed by atoms with van der Waals surface area (Å²) in [7, 11) is 0. The average Bonchev–Trinajstić information content (AvgIpc) is 2.81. The second kappa shape index (κ2) is 8.61. The third kappa shape index (κ3) is 4.36. The summed E-state index contributed by atoms with van der Waals surface area (Å²) in [5, 5.41) is 14.3. The summed E-state index contributed by atoms with van der Waals surface area (Å²) in [4.78, 5) is 31.9. The zero-order chi connectivity index (χ0) is 23.0. The summed E-state index contributed by atoms with van der Waals surface area (Å²) in [6, 6.07) is 19.0. The molecule has 0 atom stereocenters. The molecule has 1 N–H and O–H groups in total. The minimum absolute atomic E-state index is 0.0508. The van der Waals surface area contributed by atoms with Crippen molar-refractivity contribution < 1.29 is 9.90 Å². The molecule has 6 nitrogen and oxygen atoms in total. The molecule has 3 aromatic carbocycles. The maximum Gasteiger partial charge on any atom is 0.261 e. The van der Waals surface area contributed by atoms with Crippen LogP contribution in [-0.2, 0) is 17.8 Å². The van der Waals surface area contributed by atoms with E-state index in [1.54, 1.807) is 23.1 Å². The van der Waals surface area contributed by atoms with Gasteiger partial charge in [-0.05, 0) is 47.4 Å². The molecular weight excluding hydrogens is 438 g/mol. The summed E-state index contributed by atoms with van der Waals surface area (Å²) in [6.45, 7) is 1.04. The Balaban J connectivity index is 1.27. The van der Waals surface area contributed by atoms with Gasteiger partial charge < -0.3 is 10.0 Å². The molecule has 0 saturated carbocycles. The van der Waals surface area contributed by atoms with Gasteiger partial charge in [0.2, 0.25) is 5.91 Å². The van der Waals surface area contributed by atoms with Crippen LogP contribution in [0.25, 0.3) is 21.7 Å². The lowest BCUT2D eigenvalue weighted by Gasteiger charge is -2.38. The van der Waals surface area contributed by atoms with E-state index in [2.05, 4.69) is 4.98 Å². The molecule has 4 aromatic rings. The number of nitrogens with zero attached hydrogens (tertiary/aromatic N) is 3. The highest BCUT2D eigenvalue weighted by Crippen LogP contribution is 2.26. The van der Waals surface area contributed by atoms with Gasteiger partial charge in [-0.1, -0.05) is 54.1 Å². The van der Waals surface area contributed by atoms with Crippen LogP contribution in [0.3, 0.4) is 0 Å². The number of halogens is 1. The minimum atomic E-state index is -1.07. The van der Waals surface area contributed by atoms with Crippen molar-refractivity contribution in [2.45, 2.75) is 31.4 Å². The molecule has 0 radical (unpaired) electrons. The van der Waals surface area contributed by atoms with Gasteiger partial charge >= 0.3 is 0 Å². The summed E-state index contributed by atoms with van der Waals surface area (Å²) >= 11 is 5.99.